The van der Waals surface area contributed by atoms with Gasteiger partial charge in [-0.05, 0) is 0 Å². The number of hydrogen-bond donors (Lipinski definition) is 22. The van der Waals surface area contributed by atoms with E-state index in [-0.39, 0.29) is 44.6 Å². The Hall–Kier alpha value is 0.440. The fraction of sp³-hybridized carbons (Fsp3) is 1.00. The number of nitrogens with one attached hydrogen (secondary N) is 22. The Kier molecular flexibility index (Phi) is 2930000. The van der Waals surface area contributed by atoms with Crippen LogP contribution >= 0.6 is 0 Å². The molecule has 0 aromatic carbocycles. The lowest BCUT2D eigenvalue weighted by Gasteiger charge is -0.821. The zero-order chi connectivity index (χ0) is 44.0. The summed E-state index contributed by atoms with van der Waals surface area (Å²) < 4.78 is 117. The van der Waals surface area contributed by atoms with Crippen LogP contribution in [0.4, 0.5) is 0 Å². The summed E-state index contributed by atoms with van der Waals surface area (Å²) in [5, 5.41) is 0. The predicted octanol–water partition coefficient (Wildman–Crippen LogP) is 10.3. The molecule has 0 aromatic heterocycles. The second-order valence-electron chi connectivity index (χ2n) is 0. The van der Waals surface area contributed by atoms with Gasteiger partial charge < -0.3 is 0 Å². The van der Waals surface area contributed by atoms with Crippen molar-refractivity contribution in [1.29, 1.82) is 105 Å². The fourth-order valence-corrected chi connectivity index (χ4v) is 0. The minimum absolute atomic E-state index is 0. The minimum Gasteiger partial charge on any atom is -0.235 e. The molecule has 22 nitrogen and oxygen atoms in total. The number of rotatable bonds is 0. The molecule has 0 bridgehead atoms. The Morgan fingerprint density at radius 1 is 0.0800 bits per heavy atom. The van der Waals surface area contributed by atoms with Gasteiger partial charge in [-0.1, -0.05) is 44.6 Å². The van der Waals surface area contributed by atoms with Crippen LogP contribution in [-0.4, -0.2) is 0 Å². The summed E-state index contributed by atoms with van der Waals surface area (Å²) in [7, 11) is 0. The predicted molar refractivity (Wildman–Crippen MR) is 262 cm³/mol. The molecule has 0 saturated carbocycles. The van der Waals surface area contributed by atoms with E-state index in [1.165, 1.54) is 0 Å². The van der Waals surface area contributed by atoms with Gasteiger partial charge in [-0.2, -0.15) is 0 Å². The molecule has 50 heavy (non-hydrogen) atoms. The van der Waals surface area contributed by atoms with E-state index in [1.54, 1.807) is 0 Å². The third-order valence-electron chi connectivity index (χ3n) is 0. The molecule has 0 atom stereocenters. The molecule has 0 unspecified atom stereocenters. The van der Waals surface area contributed by atoms with Crippen molar-refractivity contribution in [3.8, 4) is 0 Å². The van der Waals surface area contributed by atoms with Crippen LogP contribution in [0.2, 0.25) is 0 Å². The van der Waals surface area contributed by atoms with Gasteiger partial charge in [0.1, 0.15) is 0 Å². The molecule has 0 spiro atoms. The maximum absolute atomic E-state index is 5.33. The van der Waals surface area contributed by atoms with Crippen LogP contribution in [0.15, 0.2) is 0 Å². The molecule has 0 fully saturated rings. The second kappa shape index (κ2) is 599000. The topological polar surface area (TPSA) is 525 Å². The normalized spacial score (nSPS) is 1.76. The molecule has 0 aliphatic rings. The molecule has 0 saturated heterocycles. The zero-order valence-corrected chi connectivity index (χ0v) is 37.9. The highest BCUT2D eigenvalue weighted by Gasteiger charge is 0.660. The van der Waals surface area contributed by atoms with Gasteiger partial charge in [-0.15, -0.1) is 0 Å². The average Bonchev–Trinajstić information content (AvgIpc) is 3.28. The summed E-state index contributed by atoms with van der Waals surface area (Å²) in [6, 6.07) is 0. The van der Waals surface area contributed by atoms with Crippen LogP contribution in [0.5, 0.6) is 0 Å². The van der Waals surface area contributed by atoms with Crippen LogP contribution in [-0.2, 0) is 273 Å². The van der Waals surface area contributed by atoms with Gasteiger partial charge in [0.15, 0.2) is 0 Å². The molecule has 44 heteroatoms. The third-order valence-corrected chi connectivity index (χ3v) is 0. The van der Waals surface area contributed by atoms with E-state index in [4.69, 9.17) is 105 Å². The van der Waals surface area contributed by atoms with Crippen molar-refractivity contribution < 1.29 is 0 Å². The lowest BCUT2D eigenvalue weighted by Crippen LogP contribution is -0.668. The Morgan fingerprint density at radius 2 is 0.0800 bits per heavy atom. The van der Waals surface area contributed by atoms with Crippen LogP contribution in [0.1, 0.15) is 44.6 Å². The van der Waals surface area contributed by atoms with Crippen molar-refractivity contribution in [2.24, 2.45) is 0 Å². The highest BCUT2D eigenvalue weighted by atomic mass is 32.1. The van der Waals surface area contributed by atoms with Gasteiger partial charge in [-0.3, -0.25) is 0 Å². The fourth-order valence-electron chi connectivity index (χ4n) is 0. The summed E-state index contributed by atoms with van der Waals surface area (Å²) in [5.41, 5.74) is 0. The van der Waals surface area contributed by atoms with Crippen molar-refractivity contribution in [3.63, 3.8) is 0 Å². The molecule has 0 rings (SSSR count). The van der Waals surface area contributed by atoms with Crippen LogP contribution in [0.25, 0.3) is 0 Å². The van der Waals surface area contributed by atoms with Gasteiger partial charge >= 0.3 is 0 Å². The zero-order valence-electron chi connectivity index (χ0n) is 20.0. The first-order valence-corrected chi connectivity index (χ1v) is 13.5. The average molecular weight is 1130 g/mol. The molecule has 0 heterocycles. The van der Waals surface area contributed by atoms with E-state index in [9.17, 15) is 0 Å². The summed E-state index contributed by atoms with van der Waals surface area (Å²) in [5.74, 6) is 0. The molecular formula is C6H46N22S22. The Labute approximate surface area is 417 Å². The Balaban J connectivity index is -0.00000000388. The summed E-state index contributed by atoms with van der Waals surface area (Å²) in [6.45, 7) is 0. The third kappa shape index (κ3) is 563000. The van der Waals surface area contributed by atoms with Crippen molar-refractivity contribution in [3.05, 3.63) is 0 Å². The van der Waals surface area contributed by atoms with Crippen molar-refractivity contribution in [2.45, 2.75) is 44.6 Å². The van der Waals surface area contributed by atoms with E-state index < -0.39 is 0 Å². The van der Waals surface area contributed by atoms with Gasteiger partial charge in [0.25, 0.3) is 0 Å². The maximum atomic E-state index is 5.33. The highest BCUT2D eigenvalue weighted by Crippen LogP contribution is 0.792. The summed E-state index contributed by atoms with van der Waals surface area (Å²) in [6.07, 6.45) is 0. The van der Waals surface area contributed by atoms with Crippen LogP contribution in [0, 0.1) is 105 Å². The van der Waals surface area contributed by atoms with Gasteiger partial charge in [0.2, 0.25) is 0 Å². The maximum Gasteiger partial charge on any atom is 0.0324 e. The standard InChI is InChI=1S/6CH4.22HNS/c;;;;;;22*1-2/h6*1H4;22*1H. The SMILES string of the molecule is C.C.C.C.C.C.N=S.N=S.N=S.N=S.N=S.N=S.N=S.N=S.N=S.N=S.N=S.N=S.N=S.N=S.N=S.N=S.N=S.N=S.N=S.N=S.N=S.N=S. The molecule has 0 radical (unpaired) electrons. The summed E-state index contributed by atoms with van der Waals surface area (Å²) in [4.78, 5) is 0. The van der Waals surface area contributed by atoms with Gasteiger partial charge in [0, 0.05) is 273 Å². The first kappa shape index (κ1) is 245. The number of hydrogen-bond acceptors (Lipinski definition) is 44. The Bertz CT molecular complexity index is 169. The molecule has 22 N–H and O–H groups in total. The van der Waals surface area contributed by atoms with Crippen molar-refractivity contribution in [1.82, 2.24) is 0 Å². The van der Waals surface area contributed by atoms with Crippen LogP contribution < -0.4 is 0 Å². The molecule has 0 aliphatic heterocycles. The quantitative estimate of drug-likeness (QED) is 0.107. The van der Waals surface area contributed by atoms with Gasteiger partial charge in [-0.25, -0.2) is 105 Å². The van der Waals surface area contributed by atoms with E-state index >= 15 is 0 Å². The second-order valence-corrected chi connectivity index (χ2v) is 0. The lowest BCUT2D eigenvalue weighted by atomic mass is 12.0. The monoisotopic (exact) mass is 1130 g/mol. The molecule has 0 aromatic rings. The lowest BCUT2D eigenvalue weighted by molar-refractivity contribution is 1.67. The van der Waals surface area contributed by atoms with Crippen molar-refractivity contribution in [2.75, 3.05) is 0 Å². The van der Waals surface area contributed by atoms with Gasteiger partial charge in [0.05, 0.1) is 0 Å². The largest absolute Gasteiger partial charge is 0.235 e. The first-order valence-electron chi connectivity index (χ1n) is 4.49. The van der Waals surface area contributed by atoms with Crippen molar-refractivity contribution >= 4 is 273 Å². The molecule has 0 aliphatic carbocycles. The highest BCUT2D eigenvalue weighted by molar-refractivity contribution is 7.48. The molecular weight excluding hydrogens is 1090 g/mol. The summed E-state index contributed by atoms with van der Waals surface area (Å²) >= 11 is 73.3. The van der Waals surface area contributed by atoms with E-state index in [1.807, 2.05) is 0 Å². The van der Waals surface area contributed by atoms with E-state index in [2.05, 4.69) is 273 Å². The molecule has 0 amide bonds. The van der Waals surface area contributed by atoms with E-state index in [0.717, 1.165) is 0 Å². The van der Waals surface area contributed by atoms with Crippen LogP contribution in [0.3, 0.4) is 0 Å². The smallest absolute Gasteiger partial charge is 0.0324 e. The minimum atomic E-state index is 0. The molecule has 312 valence electrons. The first-order chi connectivity index (χ1) is 22.0. The van der Waals surface area contributed by atoms with E-state index in [0.29, 0.717) is 0 Å². The Morgan fingerprint density at radius 3 is 0.0800 bits per heavy atom.